The van der Waals surface area contributed by atoms with Crippen molar-refractivity contribution in [3.8, 4) is 33.9 Å². The Balaban J connectivity index is 1.61. The first kappa shape index (κ1) is 26.0. The van der Waals surface area contributed by atoms with E-state index in [1.165, 1.54) is 0 Å². The van der Waals surface area contributed by atoms with E-state index in [9.17, 15) is 9.59 Å². The maximum atomic E-state index is 13.5. The van der Waals surface area contributed by atoms with E-state index in [0.29, 0.717) is 35.7 Å². The van der Waals surface area contributed by atoms with Crippen LogP contribution >= 0.6 is 0 Å². The maximum Gasteiger partial charge on any atom is 0.340 e. The molecule has 200 valence electrons. The smallest absolute Gasteiger partial charge is 0.340 e. The van der Waals surface area contributed by atoms with Crippen molar-refractivity contribution in [3.05, 3.63) is 88.9 Å². The largest absolute Gasteiger partial charge is 0.493 e. The molecule has 39 heavy (non-hydrogen) atoms. The molecule has 0 unspecified atom stereocenters. The SMILES string of the molecule is CCOC(=O)c1c(-c2cccc(C(=O)NCc3cccnc3)c2)c(C)n2c1-c1cc(OC)c(OC)cc1CC2. The van der Waals surface area contributed by atoms with Crippen molar-refractivity contribution in [3.63, 3.8) is 0 Å². The van der Waals surface area contributed by atoms with Crippen molar-refractivity contribution in [2.24, 2.45) is 0 Å². The molecule has 0 saturated heterocycles. The third-order valence-electron chi connectivity index (χ3n) is 7.06. The van der Waals surface area contributed by atoms with Gasteiger partial charge in [0.2, 0.25) is 0 Å². The molecule has 4 aromatic rings. The van der Waals surface area contributed by atoms with Crippen LogP contribution in [0.3, 0.4) is 0 Å². The number of aryl methyl sites for hydroxylation is 1. The molecule has 1 aliphatic rings. The number of esters is 1. The summed E-state index contributed by atoms with van der Waals surface area (Å²) in [4.78, 5) is 30.7. The van der Waals surface area contributed by atoms with Crippen molar-refractivity contribution < 1.29 is 23.8 Å². The first-order valence-electron chi connectivity index (χ1n) is 12.9. The van der Waals surface area contributed by atoms with Crippen LogP contribution in [0.2, 0.25) is 0 Å². The van der Waals surface area contributed by atoms with Gasteiger partial charge in [-0.25, -0.2) is 4.79 Å². The average molecular weight is 526 g/mol. The molecule has 0 bridgehead atoms. The molecule has 1 N–H and O–H groups in total. The van der Waals surface area contributed by atoms with Crippen LogP contribution in [0.5, 0.6) is 11.5 Å². The Hall–Kier alpha value is -4.59. The number of rotatable bonds is 8. The molecular formula is C31H31N3O5. The fraction of sp³-hybridized carbons (Fsp3) is 0.258. The highest BCUT2D eigenvalue weighted by molar-refractivity contribution is 6.06. The van der Waals surface area contributed by atoms with E-state index in [1.54, 1.807) is 39.6 Å². The van der Waals surface area contributed by atoms with Gasteiger partial charge in [-0.1, -0.05) is 18.2 Å². The molecule has 8 nitrogen and oxygen atoms in total. The lowest BCUT2D eigenvalue weighted by molar-refractivity contribution is 0.0528. The van der Waals surface area contributed by atoms with Crippen molar-refractivity contribution in [2.45, 2.75) is 33.4 Å². The van der Waals surface area contributed by atoms with E-state index in [4.69, 9.17) is 14.2 Å². The monoisotopic (exact) mass is 525 g/mol. The van der Waals surface area contributed by atoms with Crippen LogP contribution in [0.4, 0.5) is 0 Å². The van der Waals surface area contributed by atoms with Gasteiger partial charge in [-0.05, 0) is 67.3 Å². The molecule has 0 fully saturated rings. The summed E-state index contributed by atoms with van der Waals surface area (Å²) in [5.74, 6) is 0.628. The van der Waals surface area contributed by atoms with Crippen LogP contribution in [-0.2, 0) is 24.2 Å². The third kappa shape index (κ3) is 4.85. The molecule has 2 aromatic heterocycles. The topological polar surface area (TPSA) is 91.7 Å². The summed E-state index contributed by atoms with van der Waals surface area (Å²) in [5.41, 5.74) is 7.11. The lowest BCUT2D eigenvalue weighted by Gasteiger charge is -2.23. The van der Waals surface area contributed by atoms with E-state index < -0.39 is 5.97 Å². The number of carbonyl (C=O) groups is 2. The Kier molecular flexibility index (Phi) is 7.36. The van der Waals surface area contributed by atoms with E-state index in [1.807, 2.05) is 49.4 Å². The van der Waals surface area contributed by atoms with E-state index in [2.05, 4.69) is 14.9 Å². The Morgan fingerprint density at radius 3 is 2.56 bits per heavy atom. The number of nitrogens with zero attached hydrogens (tertiary/aromatic N) is 2. The van der Waals surface area contributed by atoms with Crippen LogP contribution in [0.1, 0.15) is 44.5 Å². The predicted molar refractivity (Wildman–Crippen MR) is 148 cm³/mol. The first-order chi connectivity index (χ1) is 19.0. The fourth-order valence-corrected chi connectivity index (χ4v) is 5.24. The number of hydrogen-bond acceptors (Lipinski definition) is 6. The highest BCUT2D eigenvalue weighted by Crippen LogP contribution is 2.45. The Labute approximate surface area is 227 Å². The van der Waals surface area contributed by atoms with E-state index in [-0.39, 0.29) is 12.5 Å². The molecular weight excluding hydrogens is 494 g/mol. The number of nitrogens with one attached hydrogen (secondary N) is 1. The zero-order valence-corrected chi connectivity index (χ0v) is 22.5. The van der Waals surface area contributed by atoms with E-state index in [0.717, 1.165) is 45.6 Å². The summed E-state index contributed by atoms with van der Waals surface area (Å²) in [7, 11) is 3.21. The normalized spacial score (nSPS) is 11.8. The average Bonchev–Trinajstić information content (AvgIpc) is 3.28. The minimum Gasteiger partial charge on any atom is -0.493 e. The molecule has 2 aromatic carbocycles. The Bertz CT molecular complexity index is 1540. The first-order valence-corrected chi connectivity index (χ1v) is 12.9. The van der Waals surface area contributed by atoms with Crippen LogP contribution in [0.15, 0.2) is 60.9 Å². The van der Waals surface area contributed by atoms with Crippen molar-refractivity contribution in [1.29, 1.82) is 0 Å². The lowest BCUT2D eigenvalue weighted by atomic mass is 9.93. The molecule has 8 heteroatoms. The molecule has 1 aliphatic heterocycles. The Morgan fingerprint density at radius 2 is 1.85 bits per heavy atom. The van der Waals surface area contributed by atoms with Crippen LogP contribution in [0, 0.1) is 6.92 Å². The maximum absolute atomic E-state index is 13.5. The minimum atomic E-state index is -0.404. The van der Waals surface area contributed by atoms with Crippen molar-refractivity contribution in [2.75, 3.05) is 20.8 Å². The summed E-state index contributed by atoms with van der Waals surface area (Å²) in [6, 6.07) is 15.0. The number of fused-ring (bicyclic) bond motifs is 3. The lowest BCUT2D eigenvalue weighted by Crippen LogP contribution is -2.22. The molecule has 5 rings (SSSR count). The Morgan fingerprint density at radius 1 is 1.05 bits per heavy atom. The number of carbonyl (C=O) groups excluding carboxylic acids is 2. The quantitative estimate of drug-likeness (QED) is 0.318. The summed E-state index contributed by atoms with van der Waals surface area (Å²) in [6.07, 6.45) is 4.19. The van der Waals surface area contributed by atoms with Gasteiger partial charge >= 0.3 is 5.97 Å². The summed E-state index contributed by atoms with van der Waals surface area (Å²) < 4.78 is 18.8. The van der Waals surface area contributed by atoms with Gasteiger partial charge in [0.25, 0.3) is 5.91 Å². The molecule has 0 spiro atoms. The zero-order chi connectivity index (χ0) is 27.5. The number of benzene rings is 2. The summed E-state index contributed by atoms with van der Waals surface area (Å²) in [5, 5.41) is 2.95. The highest BCUT2D eigenvalue weighted by Gasteiger charge is 2.32. The van der Waals surface area contributed by atoms with Gasteiger partial charge in [-0.3, -0.25) is 9.78 Å². The van der Waals surface area contributed by atoms with Gasteiger partial charge in [-0.2, -0.15) is 0 Å². The molecule has 0 saturated carbocycles. The second-order valence-corrected chi connectivity index (χ2v) is 9.30. The van der Waals surface area contributed by atoms with Crippen LogP contribution < -0.4 is 14.8 Å². The molecule has 1 amide bonds. The van der Waals surface area contributed by atoms with Gasteiger partial charge in [0.05, 0.1) is 32.1 Å². The number of hydrogen-bond donors (Lipinski definition) is 1. The second-order valence-electron chi connectivity index (χ2n) is 9.30. The number of pyridine rings is 1. The number of methoxy groups -OCH3 is 2. The van der Waals surface area contributed by atoms with Gasteiger partial charge < -0.3 is 24.1 Å². The van der Waals surface area contributed by atoms with Gasteiger partial charge in [-0.15, -0.1) is 0 Å². The van der Waals surface area contributed by atoms with Gasteiger partial charge in [0, 0.05) is 47.9 Å². The van der Waals surface area contributed by atoms with Crippen LogP contribution in [-0.4, -0.2) is 42.3 Å². The van der Waals surface area contributed by atoms with Gasteiger partial charge in [0.15, 0.2) is 11.5 Å². The zero-order valence-electron chi connectivity index (χ0n) is 22.5. The standard InChI is InChI=1S/C31H31N3O5/c1-5-39-31(36)28-27(22-9-6-10-23(14-22)30(35)33-18-20-8-7-12-32-17-20)19(2)34-13-11-21-15-25(37-3)26(38-4)16-24(21)29(28)34/h6-10,12,14-17H,5,11,13,18H2,1-4H3,(H,33,35). The molecule has 0 atom stereocenters. The third-order valence-corrected chi connectivity index (χ3v) is 7.06. The molecule has 3 heterocycles. The number of amides is 1. The van der Waals surface area contributed by atoms with Crippen LogP contribution in [0.25, 0.3) is 22.4 Å². The number of aromatic nitrogens is 2. The van der Waals surface area contributed by atoms with Crippen molar-refractivity contribution >= 4 is 11.9 Å². The molecule has 0 radical (unpaired) electrons. The summed E-state index contributed by atoms with van der Waals surface area (Å²) in [6.45, 7) is 5.11. The minimum absolute atomic E-state index is 0.206. The van der Waals surface area contributed by atoms with Crippen molar-refractivity contribution in [1.82, 2.24) is 14.9 Å². The number of ether oxygens (including phenoxy) is 3. The van der Waals surface area contributed by atoms with Gasteiger partial charge in [0.1, 0.15) is 0 Å². The van der Waals surface area contributed by atoms with E-state index >= 15 is 0 Å². The predicted octanol–water partition coefficient (Wildman–Crippen LogP) is 5.21. The fourth-order valence-electron chi connectivity index (χ4n) is 5.24. The molecule has 0 aliphatic carbocycles. The highest BCUT2D eigenvalue weighted by atomic mass is 16.5. The summed E-state index contributed by atoms with van der Waals surface area (Å²) >= 11 is 0. The second kappa shape index (κ2) is 11.0.